The first-order valence-electron chi connectivity index (χ1n) is 5.05. The Balaban J connectivity index is 2.34. The summed E-state index contributed by atoms with van der Waals surface area (Å²) in [5.74, 6) is -0.305. The zero-order valence-corrected chi connectivity index (χ0v) is 9.75. The van der Waals surface area contributed by atoms with Gasteiger partial charge in [-0.05, 0) is 24.6 Å². The first-order valence-corrected chi connectivity index (χ1v) is 5.45. The Morgan fingerprint density at radius 2 is 2.31 bits per heavy atom. The zero-order chi connectivity index (χ0) is 11.7. The Morgan fingerprint density at radius 3 is 3.00 bits per heavy atom. The lowest BCUT2D eigenvalue weighted by Gasteiger charge is -2.03. The molecule has 0 atom stereocenters. The first-order chi connectivity index (χ1) is 7.63. The van der Waals surface area contributed by atoms with Crippen LogP contribution in [-0.2, 0) is 6.54 Å². The van der Waals surface area contributed by atoms with Crippen LogP contribution in [0.3, 0.4) is 0 Å². The van der Waals surface area contributed by atoms with Gasteiger partial charge in [0, 0.05) is 17.7 Å². The molecule has 1 N–H and O–H groups in total. The molecule has 0 saturated carbocycles. The molecule has 16 heavy (non-hydrogen) atoms. The fraction of sp³-hybridized carbons (Fsp3) is 0.273. The minimum Gasteiger partial charge on any atom is -0.352 e. The second-order valence-electron chi connectivity index (χ2n) is 3.59. The van der Waals surface area contributed by atoms with Crippen molar-refractivity contribution in [3.63, 3.8) is 0 Å². The van der Waals surface area contributed by atoms with E-state index < -0.39 is 0 Å². The lowest BCUT2D eigenvalue weighted by molar-refractivity contribution is 0.0891. The van der Waals surface area contributed by atoms with Gasteiger partial charge in [-0.25, -0.2) is 0 Å². The molecule has 4 nitrogen and oxygen atoms in total. The number of amides is 2. The third-order valence-corrected chi connectivity index (χ3v) is 2.82. The van der Waals surface area contributed by atoms with Gasteiger partial charge in [-0.1, -0.05) is 18.9 Å². The van der Waals surface area contributed by atoms with Gasteiger partial charge < -0.3 is 5.32 Å². The lowest BCUT2D eigenvalue weighted by atomic mass is 10.1. The predicted octanol–water partition coefficient (Wildman–Crippen LogP) is 1.24. The molecule has 5 heteroatoms. The molecule has 0 aromatic heterocycles. The smallest absolute Gasteiger partial charge is 0.264 e. The monoisotopic (exact) mass is 236 g/mol. The Bertz CT molecular complexity index is 459. The molecule has 1 heterocycles. The van der Waals surface area contributed by atoms with Gasteiger partial charge in [-0.2, -0.15) is 0 Å². The molecular formula is C11H12N2O2S. The van der Waals surface area contributed by atoms with E-state index in [4.69, 9.17) is 0 Å². The standard InChI is InChI=1S/C11H12N2O2S/c1-2-12-10(14)7-3-4-8-6-13(16)11(15)9(8)5-7/h3-5,16H,2,6H2,1H3,(H,12,14). The van der Waals surface area contributed by atoms with Gasteiger partial charge in [0.25, 0.3) is 11.8 Å². The van der Waals surface area contributed by atoms with Gasteiger partial charge in [0.05, 0.1) is 6.54 Å². The summed E-state index contributed by atoms with van der Waals surface area (Å²) in [6.07, 6.45) is 0. The molecule has 1 aromatic carbocycles. The Morgan fingerprint density at radius 1 is 1.56 bits per heavy atom. The van der Waals surface area contributed by atoms with E-state index in [-0.39, 0.29) is 11.8 Å². The van der Waals surface area contributed by atoms with Gasteiger partial charge in [-0.3, -0.25) is 13.9 Å². The van der Waals surface area contributed by atoms with Crippen molar-refractivity contribution < 1.29 is 9.59 Å². The predicted molar refractivity (Wildman–Crippen MR) is 63.3 cm³/mol. The molecule has 1 aliphatic heterocycles. The molecule has 1 aliphatic rings. The summed E-state index contributed by atoms with van der Waals surface area (Å²) in [5, 5.41) is 2.70. The van der Waals surface area contributed by atoms with E-state index in [1.807, 2.05) is 6.92 Å². The fourth-order valence-electron chi connectivity index (χ4n) is 1.69. The molecule has 1 aromatic rings. The number of carbonyl (C=O) groups excluding carboxylic acids is 2. The summed E-state index contributed by atoms with van der Waals surface area (Å²) in [5.41, 5.74) is 1.99. The zero-order valence-electron chi connectivity index (χ0n) is 8.86. The van der Waals surface area contributed by atoms with Crippen LogP contribution in [0.15, 0.2) is 18.2 Å². The van der Waals surface area contributed by atoms with Crippen LogP contribution in [-0.4, -0.2) is 22.7 Å². The number of fused-ring (bicyclic) bond motifs is 1. The van der Waals surface area contributed by atoms with Crippen LogP contribution in [0.4, 0.5) is 0 Å². The van der Waals surface area contributed by atoms with E-state index in [0.29, 0.717) is 24.2 Å². The van der Waals surface area contributed by atoms with Crippen LogP contribution in [0.25, 0.3) is 0 Å². The highest BCUT2D eigenvalue weighted by Crippen LogP contribution is 2.24. The molecule has 2 rings (SSSR count). The quantitative estimate of drug-likeness (QED) is 0.759. The average molecular weight is 236 g/mol. The van der Waals surface area contributed by atoms with Crippen LogP contribution < -0.4 is 5.32 Å². The van der Waals surface area contributed by atoms with E-state index in [9.17, 15) is 9.59 Å². The maximum absolute atomic E-state index is 11.6. The highest BCUT2D eigenvalue weighted by Gasteiger charge is 2.25. The summed E-state index contributed by atoms with van der Waals surface area (Å²) in [7, 11) is 0. The van der Waals surface area contributed by atoms with Crippen LogP contribution in [0.1, 0.15) is 33.2 Å². The van der Waals surface area contributed by atoms with Crippen molar-refractivity contribution in [3.05, 3.63) is 34.9 Å². The maximum Gasteiger partial charge on any atom is 0.264 e. The minimum atomic E-state index is -0.157. The number of nitrogens with zero attached hydrogens (tertiary/aromatic N) is 1. The highest BCUT2D eigenvalue weighted by atomic mass is 32.1. The number of hydrogen-bond acceptors (Lipinski definition) is 3. The van der Waals surface area contributed by atoms with E-state index in [1.54, 1.807) is 18.2 Å². The van der Waals surface area contributed by atoms with Gasteiger partial charge in [-0.15, -0.1) is 0 Å². The molecule has 84 valence electrons. The third kappa shape index (κ3) is 1.78. The van der Waals surface area contributed by atoms with Crippen molar-refractivity contribution in [1.29, 1.82) is 0 Å². The minimum absolute atomic E-state index is 0.149. The van der Waals surface area contributed by atoms with Gasteiger partial charge in [0.15, 0.2) is 0 Å². The van der Waals surface area contributed by atoms with Crippen molar-refractivity contribution >= 4 is 24.6 Å². The van der Waals surface area contributed by atoms with Crippen molar-refractivity contribution in [3.8, 4) is 0 Å². The second-order valence-corrected chi connectivity index (χ2v) is 4.08. The van der Waals surface area contributed by atoms with Crippen molar-refractivity contribution in [1.82, 2.24) is 9.62 Å². The third-order valence-electron chi connectivity index (χ3n) is 2.49. The summed E-state index contributed by atoms with van der Waals surface area (Å²) >= 11 is 4.04. The molecule has 0 unspecified atom stereocenters. The molecule has 0 bridgehead atoms. The van der Waals surface area contributed by atoms with Crippen molar-refractivity contribution in [2.45, 2.75) is 13.5 Å². The lowest BCUT2D eigenvalue weighted by Crippen LogP contribution is -2.22. The Kier molecular flexibility index (Phi) is 2.87. The Hall–Kier alpha value is -1.49. The van der Waals surface area contributed by atoms with E-state index in [2.05, 4.69) is 18.1 Å². The van der Waals surface area contributed by atoms with Gasteiger partial charge >= 0.3 is 0 Å². The number of benzene rings is 1. The maximum atomic E-state index is 11.6. The SMILES string of the molecule is CCNC(=O)c1ccc2c(c1)C(=O)N(S)C2. The van der Waals surface area contributed by atoms with Crippen LogP contribution >= 0.6 is 12.8 Å². The summed E-state index contributed by atoms with van der Waals surface area (Å²) < 4.78 is 1.34. The molecule has 0 radical (unpaired) electrons. The van der Waals surface area contributed by atoms with Gasteiger partial charge in [0.2, 0.25) is 0 Å². The van der Waals surface area contributed by atoms with Crippen LogP contribution in [0.5, 0.6) is 0 Å². The molecule has 2 amide bonds. The van der Waals surface area contributed by atoms with Gasteiger partial charge in [0.1, 0.15) is 0 Å². The van der Waals surface area contributed by atoms with Crippen LogP contribution in [0.2, 0.25) is 0 Å². The summed E-state index contributed by atoms with van der Waals surface area (Å²) in [6, 6.07) is 5.15. The normalized spacial score (nSPS) is 13.9. The largest absolute Gasteiger partial charge is 0.352 e. The number of carbonyl (C=O) groups is 2. The number of nitrogens with one attached hydrogen (secondary N) is 1. The fourth-order valence-corrected chi connectivity index (χ4v) is 1.95. The molecule has 0 aliphatic carbocycles. The van der Waals surface area contributed by atoms with E-state index >= 15 is 0 Å². The van der Waals surface area contributed by atoms with Crippen molar-refractivity contribution in [2.75, 3.05) is 6.54 Å². The summed E-state index contributed by atoms with van der Waals surface area (Å²) in [6.45, 7) is 2.92. The van der Waals surface area contributed by atoms with Crippen LogP contribution in [0, 0.1) is 0 Å². The number of thiol groups is 1. The molecule has 0 fully saturated rings. The van der Waals surface area contributed by atoms with Crippen molar-refractivity contribution in [2.24, 2.45) is 0 Å². The number of hydrogen-bond donors (Lipinski definition) is 2. The highest BCUT2D eigenvalue weighted by molar-refractivity contribution is 7.78. The average Bonchev–Trinajstić information content (AvgIpc) is 2.55. The van der Waals surface area contributed by atoms with E-state index in [0.717, 1.165) is 5.56 Å². The summed E-state index contributed by atoms with van der Waals surface area (Å²) in [4.78, 5) is 23.2. The number of rotatable bonds is 2. The molecular weight excluding hydrogens is 224 g/mol. The van der Waals surface area contributed by atoms with E-state index in [1.165, 1.54) is 4.31 Å². The second kappa shape index (κ2) is 4.17. The molecule has 0 saturated heterocycles. The topological polar surface area (TPSA) is 49.4 Å². The first kappa shape index (κ1) is 11.0. The Labute approximate surface area is 99.2 Å². The molecule has 0 spiro atoms.